The molecule has 0 spiro atoms. The normalized spacial score (nSPS) is 26.2. The van der Waals surface area contributed by atoms with Gasteiger partial charge in [0.2, 0.25) is 5.91 Å². The van der Waals surface area contributed by atoms with Crippen molar-refractivity contribution < 1.29 is 14.3 Å². The van der Waals surface area contributed by atoms with Gasteiger partial charge >= 0.3 is 6.09 Å². The molecule has 0 unspecified atom stereocenters. The van der Waals surface area contributed by atoms with E-state index in [1.807, 2.05) is 44.5 Å². The molecular formula is C15H27N3O3S. The number of nitrogens with zero attached hydrogens (tertiary/aromatic N) is 2. The first kappa shape index (κ1) is 17.4. The third kappa shape index (κ3) is 4.29. The minimum absolute atomic E-state index is 0.0592. The molecule has 0 radical (unpaired) electrons. The average molecular weight is 329 g/mol. The fourth-order valence-electron chi connectivity index (χ4n) is 2.80. The van der Waals surface area contributed by atoms with Gasteiger partial charge in [-0.15, -0.1) is 0 Å². The van der Waals surface area contributed by atoms with Gasteiger partial charge in [-0.2, -0.15) is 11.8 Å². The molecular weight excluding hydrogens is 302 g/mol. The summed E-state index contributed by atoms with van der Waals surface area (Å²) >= 11 is 1.87. The lowest BCUT2D eigenvalue weighted by atomic mass is 10.1. The number of carbonyl (C=O) groups is 2. The summed E-state index contributed by atoms with van der Waals surface area (Å²) < 4.78 is 5.47. The van der Waals surface area contributed by atoms with Crippen LogP contribution >= 0.6 is 11.8 Å². The highest BCUT2D eigenvalue weighted by Crippen LogP contribution is 2.24. The zero-order valence-electron chi connectivity index (χ0n) is 13.9. The number of likely N-dealkylation sites (tertiary alicyclic amines) is 1. The van der Waals surface area contributed by atoms with E-state index in [2.05, 4.69) is 5.32 Å². The smallest absolute Gasteiger partial charge is 0.411 e. The van der Waals surface area contributed by atoms with Crippen molar-refractivity contribution in [3.05, 3.63) is 0 Å². The molecule has 126 valence electrons. The molecule has 1 N–H and O–H groups in total. The largest absolute Gasteiger partial charge is 0.444 e. The number of likely N-dealkylation sites (N-methyl/N-ethyl adjacent to an activating group) is 1. The zero-order valence-corrected chi connectivity index (χ0v) is 14.7. The fourth-order valence-corrected chi connectivity index (χ4v) is 3.70. The molecule has 6 nitrogen and oxygen atoms in total. The molecule has 22 heavy (non-hydrogen) atoms. The summed E-state index contributed by atoms with van der Waals surface area (Å²) in [4.78, 5) is 28.7. The Morgan fingerprint density at radius 2 is 1.86 bits per heavy atom. The Bertz CT molecular complexity index is 419. The summed E-state index contributed by atoms with van der Waals surface area (Å²) in [5.74, 6) is 2.00. The molecule has 2 aliphatic heterocycles. The molecule has 0 aromatic rings. The second-order valence-corrected chi connectivity index (χ2v) is 8.03. The van der Waals surface area contributed by atoms with Gasteiger partial charge in [-0.05, 0) is 34.2 Å². The second kappa shape index (κ2) is 7.08. The maximum atomic E-state index is 12.8. The quantitative estimate of drug-likeness (QED) is 0.824. The summed E-state index contributed by atoms with van der Waals surface area (Å²) in [5.41, 5.74) is -0.551. The molecule has 7 heteroatoms. The molecule has 0 aliphatic carbocycles. The van der Waals surface area contributed by atoms with Crippen molar-refractivity contribution in [2.24, 2.45) is 0 Å². The van der Waals surface area contributed by atoms with Crippen LogP contribution in [0.3, 0.4) is 0 Å². The first-order chi connectivity index (χ1) is 10.3. The number of ether oxygens (including phenoxy) is 1. The average Bonchev–Trinajstić information content (AvgIpc) is 2.90. The Hall–Kier alpha value is -0.950. The van der Waals surface area contributed by atoms with Crippen molar-refractivity contribution >= 4 is 23.8 Å². The minimum Gasteiger partial charge on any atom is -0.444 e. The number of rotatable bonds is 2. The van der Waals surface area contributed by atoms with E-state index in [1.165, 1.54) is 0 Å². The van der Waals surface area contributed by atoms with Gasteiger partial charge in [0, 0.05) is 37.2 Å². The van der Waals surface area contributed by atoms with Crippen LogP contribution in [0.2, 0.25) is 0 Å². The van der Waals surface area contributed by atoms with Crippen LogP contribution < -0.4 is 5.32 Å². The Labute approximate surface area is 136 Å². The molecule has 0 aromatic carbocycles. The van der Waals surface area contributed by atoms with Crippen LogP contribution in [0.5, 0.6) is 0 Å². The van der Waals surface area contributed by atoms with Crippen molar-refractivity contribution in [3.8, 4) is 0 Å². The third-order valence-corrected chi connectivity index (χ3v) is 4.89. The molecule has 0 bridgehead atoms. The van der Waals surface area contributed by atoms with Crippen molar-refractivity contribution in [2.45, 2.75) is 44.9 Å². The van der Waals surface area contributed by atoms with Gasteiger partial charge in [0.1, 0.15) is 11.6 Å². The van der Waals surface area contributed by atoms with E-state index in [0.717, 1.165) is 24.6 Å². The molecule has 0 saturated carbocycles. The summed E-state index contributed by atoms with van der Waals surface area (Å²) in [6.45, 7) is 7.59. The van der Waals surface area contributed by atoms with Crippen LogP contribution in [-0.4, -0.2) is 77.7 Å². The van der Waals surface area contributed by atoms with E-state index < -0.39 is 17.7 Å². The first-order valence-electron chi connectivity index (χ1n) is 7.85. The van der Waals surface area contributed by atoms with Gasteiger partial charge in [-0.1, -0.05) is 0 Å². The van der Waals surface area contributed by atoms with Crippen LogP contribution in [0.1, 0.15) is 27.2 Å². The maximum absolute atomic E-state index is 12.8. The van der Waals surface area contributed by atoms with E-state index in [9.17, 15) is 9.59 Å². The van der Waals surface area contributed by atoms with Gasteiger partial charge in [0.15, 0.2) is 0 Å². The number of hydrogen-bond donors (Lipinski definition) is 1. The number of nitrogens with one attached hydrogen (secondary N) is 1. The monoisotopic (exact) mass is 329 g/mol. The maximum Gasteiger partial charge on any atom is 0.411 e. The predicted molar refractivity (Wildman–Crippen MR) is 88.1 cm³/mol. The summed E-state index contributed by atoms with van der Waals surface area (Å²) in [5, 5.41) is 3.18. The van der Waals surface area contributed by atoms with Gasteiger partial charge < -0.3 is 15.0 Å². The van der Waals surface area contributed by atoms with Gasteiger partial charge in [-0.25, -0.2) is 4.79 Å². The molecule has 2 fully saturated rings. The standard InChI is InChI=1S/C15H27N3O3S/c1-15(2,3)21-14(20)18-10-11(16-4)9-12(18)13(19)17-5-7-22-8-6-17/h11-12,16H,5-10H2,1-4H3/t11-,12-/m0/s1. The van der Waals surface area contributed by atoms with Gasteiger partial charge in [0.25, 0.3) is 0 Å². The van der Waals surface area contributed by atoms with E-state index in [-0.39, 0.29) is 11.9 Å². The second-order valence-electron chi connectivity index (χ2n) is 6.81. The summed E-state index contributed by atoms with van der Waals surface area (Å²) in [7, 11) is 1.86. The Balaban J connectivity index is 2.08. The Morgan fingerprint density at radius 1 is 1.23 bits per heavy atom. The number of thioether (sulfide) groups is 1. The lowest BCUT2D eigenvalue weighted by molar-refractivity contribution is -0.135. The van der Waals surface area contributed by atoms with E-state index in [0.29, 0.717) is 13.0 Å². The van der Waals surface area contributed by atoms with Crippen LogP contribution in [0.4, 0.5) is 4.79 Å². The molecule has 2 rings (SSSR count). The summed E-state index contributed by atoms with van der Waals surface area (Å²) in [6.07, 6.45) is 0.257. The van der Waals surface area contributed by atoms with Crippen LogP contribution in [-0.2, 0) is 9.53 Å². The number of amides is 2. The van der Waals surface area contributed by atoms with Gasteiger partial charge in [-0.3, -0.25) is 9.69 Å². The fraction of sp³-hybridized carbons (Fsp3) is 0.867. The third-order valence-electron chi connectivity index (χ3n) is 3.95. The Morgan fingerprint density at radius 3 is 2.41 bits per heavy atom. The van der Waals surface area contributed by atoms with E-state index in [1.54, 1.807) is 4.90 Å². The van der Waals surface area contributed by atoms with Gasteiger partial charge in [0.05, 0.1) is 0 Å². The van der Waals surface area contributed by atoms with E-state index >= 15 is 0 Å². The summed E-state index contributed by atoms with van der Waals surface area (Å²) in [6, 6.07) is -0.268. The highest BCUT2D eigenvalue weighted by Gasteiger charge is 2.42. The van der Waals surface area contributed by atoms with Crippen LogP contribution in [0.15, 0.2) is 0 Å². The highest BCUT2D eigenvalue weighted by molar-refractivity contribution is 7.99. The molecule has 2 amide bonds. The Kier molecular flexibility index (Phi) is 5.60. The number of carbonyl (C=O) groups excluding carboxylic acids is 2. The van der Waals surface area contributed by atoms with Crippen molar-refractivity contribution in [2.75, 3.05) is 38.2 Å². The number of hydrogen-bond acceptors (Lipinski definition) is 5. The van der Waals surface area contributed by atoms with Crippen molar-refractivity contribution in [3.63, 3.8) is 0 Å². The van der Waals surface area contributed by atoms with Crippen LogP contribution in [0.25, 0.3) is 0 Å². The molecule has 2 heterocycles. The topological polar surface area (TPSA) is 61.9 Å². The zero-order chi connectivity index (χ0) is 16.3. The molecule has 2 aliphatic rings. The molecule has 2 saturated heterocycles. The van der Waals surface area contributed by atoms with Crippen molar-refractivity contribution in [1.29, 1.82) is 0 Å². The highest BCUT2D eigenvalue weighted by atomic mass is 32.2. The lowest BCUT2D eigenvalue weighted by Gasteiger charge is -2.33. The first-order valence-corrected chi connectivity index (χ1v) is 9.00. The lowest BCUT2D eigenvalue weighted by Crippen LogP contribution is -2.50. The molecule has 0 aromatic heterocycles. The SMILES string of the molecule is CN[C@H]1C[C@@H](C(=O)N2CCSCC2)N(C(=O)OC(C)(C)C)C1. The predicted octanol–water partition coefficient (Wildman–Crippen LogP) is 1.16. The van der Waals surface area contributed by atoms with E-state index in [4.69, 9.17) is 4.74 Å². The minimum atomic E-state index is -0.551. The molecule has 2 atom stereocenters. The van der Waals surface area contributed by atoms with Crippen LogP contribution in [0, 0.1) is 0 Å². The van der Waals surface area contributed by atoms with Crippen molar-refractivity contribution in [1.82, 2.24) is 15.1 Å².